The molecule has 2 rings (SSSR count). The highest BCUT2D eigenvalue weighted by Crippen LogP contribution is 2.20. The summed E-state index contributed by atoms with van der Waals surface area (Å²) in [6.45, 7) is 0.462. The Bertz CT molecular complexity index is 446. The molecule has 1 heterocycles. The molecule has 0 saturated carbocycles. The number of nitrogens with one attached hydrogen (secondary N) is 1. The minimum Gasteiger partial charge on any atom is -0.387 e. The molecule has 1 unspecified atom stereocenters. The number of aromatic nitrogens is 1. The van der Waals surface area contributed by atoms with E-state index in [1.54, 1.807) is 0 Å². The summed E-state index contributed by atoms with van der Waals surface area (Å²) in [5.41, 5.74) is 0.908. The lowest BCUT2D eigenvalue weighted by molar-refractivity contribution is 0.191. The van der Waals surface area contributed by atoms with Crippen molar-refractivity contribution in [3.05, 3.63) is 45.9 Å². The maximum absolute atomic E-state index is 9.89. The van der Waals surface area contributed by atoms with Crippen LogP contribution in [0.1, 0.15) is 11.7 Å². The van der Waals surface area contributed by atoms with Crippen LogP contribution in [0.2, 0.25) is 0 Å². The second-order valence-corrected chi connectivity index (χ2v) is 4.95. The highest BCUT2D eigenvalue weighted by atomic mass is 79.9. The van der Waals surface area contributed by atoms with Gasteiger partial charge in [0.15, 0.2) is 5.13 Å². The average Bonchev–Trinajstić information content (AvgIpc) is 2.73. The third-order valence-corrected chi connectivity index (χ3v) is 3.62. The van der Waals surface area contributed by atoms with Crippen molar-refractivity contribution in [1.29, 1.82) is 0 Å². The van der Waals surface area contributed by atoms with Gasteiger partial charge in [-0.05, 0) is 21.5 Å². The van der Waals surface area contributed by atoms with Crippen LogP contribution >= 0.6 is 27.3 Å². The van der Waals surface area contributed by atoms with E-state index < -0.39 is 6.10 Å². The van der Waals surface area contributed by atoms with Crippen LogP contribution in [0.4, 0.5) is 5.13 Å². The first-order chi connectivity index (χ1) is 7.75. The molecule has 0 aliphatic heterocycles. The predicted octanol–water partition coefficient (Wildman–Crippen LogP) is 3.05. The molecule has 5 heteroatoms. The number of hydrogen-bond acceptors (Lipinski definition) is 4. The number of aliphatic hydroxyl groups is 1. The van der Waals surface area contributed by atoms with Gasteiger partial charge in [-0.3, -0.25) is 0 Å². The normalized spacial score (nSPS) is 12.4. The smallest absolute Gasteiger partial charge is 0.183 e. The summed E-state index contributed by atoms with van der Waals surface area (Å²) in [5, 5.41) is 15.7. The van der Waals surface area contributed by atoms with Crippen LogP contribution in [0.15, 0.2) is 40.3 Å². The summed E-state index contributed by atoms with van der Waals surface area (Å²) in [4.78, 5) is 4.19. The van der Waals surface area contributed by atoms with Gasteiger partial charge in [-0.1, -0.05) is 30.3 Å². The van der Waals surface area contributed by atoms with Crippen LogP contribution in [0.3, 0.4) is 0 Å². The first-order valence-corrected chi connectivity index (χ1v) is 6.51. The number of hydrogen-bond donors (Lipinski definition) is 2. The lowest BCUT2D eigenvalue weighted by atomic mass is 10.1. The maximum atomic E-state index is 9.89. The highest BCUT2D eigenvalue weighted by Gasteiger charge is 2.07. The Morgan fingerprint density at radius 2 is 2.12 bits per heavy atom. The third-order valence-electron chi connectivity index (χ3n) is 2.11. The zero-order valence-corrected chi connectivity index (χ0v) is 10.8. The second kappa shape index (κ2) is 5.43. The summed E-state index contributed by atoms with van der Waals surface area (Å²) in [7, 11) is 0. The van der Waals surface area contributed by atoms with E-state index in [1.807, 2.05) is 35.7 Å². The number of benzene rings is 1. The molecule has 0 amide bonds. The first-order valence-electron chi connectivity index (χ1n) is 4.83. The Morgan fingerprint density at radius 1 is 1.38 bits per heavy atom. The van der Waals surface area contributed by atoms with Crippen LogP contribution in [-0.4, -0.2) is 16.6 Å². The molecule has 84 valence electrons. The molecular weight excluding hydrogens is 288 g/mol. The lowest BCUT2D eigenvalue weighted by Crippen LogP contribution is -2.11. The van der Waals surface area contributed by atoms with Gasteiger partial charge in [-0.25, -0.2) is 4.98 Å². The number of nitrogens with zero attached hydrogens (tertiary/aromatic N) is 1. The zero-order valence-electron chi connectivity index (χ0n) is 8.43. The fraction of sp³-hybridized carbons (Fsp3) is 0.182. The van der Waals surface area contributed by atoms with E-state index in [4.69, 9.17) is 0 Å². The molecule has 2 N–H and O–H groups in total. The molecule has 0 aliphatic carbocycles. The fourth-order valence-corrected chi connectivity index (χ4v) is 2.47. The number of rotatable bonds is 4. The molecule has 0 saturated heterocycles. The standard InChI is InChI=1S/C11H11BrN2OS/c12-10-7-16-11(14-10)13-6-9(15)8-4-2-1-3-5-8/h1-5,7,9,15H,6H2,(H,13,14). The zero-order chi connectivity index (χ0) is 11.4. The Labute approximate surface area is 106 Å². The van der Waals surface area contributed by atoms with Gasteiger partial charge in [-0.15, -0.1) is 11.3 Å². The molecular formula is C11H11BrN2OS. The van der Waals surface area contributed by atoms with Crippen molar-refractivity contribution in [2.45, 2.75) is 6.10 Å². The van der Waals surface area contributed by atoms with E-state index in [-0.39, 0.29) is 0 Å². The molecule has 0 bridgehead atoms. The number of thiazole rings is 1. The van der Waals surface area contributed by atoms with E-state index in [0.29, 0.717) is 6.54 Å². The van der Waals surface area contributed by atoms with Crippen molar-refractivity contribution in [2.75, 3.05) is 11.9 Å². The molecule has 0 spiro atoms. The Kier molecular flexibility index (Phi) is 3.93. The van der Waals surface area contributed by atoms with Gasteiger partial charge in [0.1, 0.15) is 4.60 Å². The fourth-order valence-electron chi connectivity index (χ4n) is 1.31. The van der Waals surface area contributed by atoms with Gasteiger partial charge >= 0.3 is 0 Å². The monoisotopic (exact) mass is 298 g/mol. The number of halogens is 1. The maximum Gasteiger partial charge on any atom is 0.183 e. The molecule has 0 fully saturated rings. The van der Waals surface area contributed by atoms with Crippen molar-refractivity contribution in [1.82, 2.24) is 4.98 Å². The molecule has 2 aromatic rings. The van der Waals surface area contributed by atoms with Gasteiger partial charge in [0.05, 0.1) is 6.10 Å². The van der Waals surface area contributed by atoms with Gasteiger partial charge in [0, 0.05) is 11.9 Å². The van der Waals surface area contributed by atoms with E-state index >= 15 is 0 Å². The predicted molar refractivity (Wildman–Crippen MR) is 69.7 cm³/mol. The average molecular weight is 299 g/mol. The molecule has 3 nitrogen and oxygen atoms in total. The summed E-state index contributed by atoms with van der Waals surface area (Å²) in [6.07, 6.45) is -0.510. The van der Waals surface area contributed by atoms with Gasteiger partial charge in [0.25, 0.3) is 0 Å². The Morgan fingerprint density at radius 3 is 2.75 bits per heavy atom. The molecule has 16 heavy (non-hydrogen) atoms. The third kappa shape index (κ3) is 3.04. The van der Waals surface area contributed by atoms with Gasteiger partial charge in [0.2, 0.25) is 0 Å². The molecule has 0 aliphatic rings. The van der Waals surface area contributed by atoms with Crippen molar-refractivity contribution in [3.63, 3.8) is 0 Å². The van der Waals surface area contributed by atoms with E-state index in [0.717, 1.165) is 15.3 Å². The van der Waals surface area contributed by atoms with Crippen LogP contribution in [0.25, 0.3) is 0 Å². The van der Waals surface area contributed by atoms with E-state index in [2.05, 4.69) is 26.2 Å². The van der Waals surface area contributed by atoms with Gasteiger partial charge < -0.3 is 10.4 Å². The largest absolute Gasteiger partial charge is 0.387 e. The van der Waals surface area contributed by atoms with Gasteiger partial charge in [-0.2, -0.15) is 0 Å². The van der Waals surface area contributed by atoms with Crippen molar-refractivity contribution in [3.8, 4) is 0 Å². The summed E-state index contributed by atoms with van der Waals surface area (Å²) in [5.74, 6) is 0. The molecule has 1 aromatic heterocycles. The van der Waals surface area contributed by atoms with Crippen LogP contribution in [-0.2, 0) is 0 Å². The second-order valence-electron chi connectivity index (χ2n) is 3.28. The topological polar surface area (TPSA) is 45.1 Å². The molecule has 1 aromatic carbocycles. The summed E-state index contributed by atoms with van der Waals surface area (Å²) < 4.78 is 0.814. The Balaban J connectivity index is 1.91. The van der Waals surface area contributed by atoms with Crippen LogP contribution in [0, 0.1) is 0 Å². The van der Waals surface area contributed by atoms with E-state index in [1.165, 1.54) is 11.3 Å². The van der Waals surface area contributed by atoms with Crippen LogP contribution in [0.5, 0.6) is 0 Å². The number of anilines is 1. The van der Waals surface area contributed by atoms with E-state index in [9.17, 15) is 5.11 Å². The number of aliphatic hydroxyl groups excluding tert-OH is 1. The molecule has 1 atom stereocenters. The Hall–Kier alpha value is -0.910. The SMILES string of the molecule is OC(CNc1nc(Br)cs1)c1ccccc1. The first kappa shape index (κ1) is 11.6. The van der Waals surface area contributed by atoms with Crippen molar-refractivity contribution < 1.29 is 5.11 Å². The highest BCUT2D eigenvalue weighted by molar-refractivity contribution is 9.10. The minimum absolute atomic E-state index is 0.462. The van der Waals surface area contributed by atoms with Crippen molar-refractivity contribution >= 4 is 32.4 Å². The minimum atomic E-state index is -0.510. The summed E-state index contributed by atoms with van der Waals surface area (Å²) >= 11 is 4.79. The quantitative estimate of drug-likeness (QED) is 0.912. The molecule has 0 radical (unpaired) electrons. The summed E-state index contributed by atoms with van der Waals surface area (Å²) in [6, 6.07) is 9.58. The van der Waals surface area contributed by atoms with Crippen LogP contribution < -0.4 is 5.32 Å². The van der Waals surface area contributed by atoms with Crippen molar-refractivity contribution in [2.24, 2.45) is 0 Å². The lowest BCUT2D eigenvalue weighted by Gasteiger charge is -2.10.